The molecule has 2 fully saturated rings. The molecule has 0 aromatic heterocycles. The zero-order chi connectivity index (χ0) is 19.2. The molecule has 6 heteroatoms. The highest BCUT2D eigenvalue weighted by atomic mass is 16.2. The van der Waals surface area contributed by atoms with Gasteiger partial charge < -0.3 is 15.5 Å². The summed E-state index contributed by atoms with van der Waals surface area (Å²) in [7, 11) is 0. The number of Topliss-reactive ketones (excluding diaryl/α,β-unsaturated/α-hetero) is 1. The van der Waals surface area contributed by atoms with E-state index in [1.807, 2.05) is 17.0 Å². The average Bonchev–Trinajstić information content (AvgIpc) is 3.21. The van der Waals surface area contributed by atoms with Crippen molar-refractivity contribution in [3.05, 3.63) is 35.4 Å². The highest BCUT2D eigenvalue weighted by Crippen LogP contribution is 2.18. The molecule has 6 nitrogen and oxygen atoms in total. The molecule has 2 amide bonds. The summed E-state index contributed by atoms with van der Waals surface area (Å²) in [4.78, 5) is 38.0. The maximum atomic E-state index is 12.6. The molecule has 0 aliphatic carbocycles. The topological polar surface area (TPSA) is 78.5 Å². The van der Waals surface area contributed by atoms with Crippen LogP contribution in [0, 0.1) is 5.92 Å². The smallest absolute Gasteiger partial charge is 0.237 e. The molecule has 2 unspecified atom stereocenters. The Bertz CT molecular complexity index is 680. The van der Waals surface area contributed by atoms with Gasteiger partial charge in [0.15, 0.2) is 5.78 Å². The Morgan fingerprint density at radius 3 is 2.59 bits per heavy atom. The van der Waals surface area contributed by atoms with Gasteiger partial charge in [-0.05, 0) is 50.6 Å². The summed E-state index contributed by atoms with van der Waals surface area (Å²) in [5, 5.41) is 6.26. The number of carbonyl (C=O) groups is 3. The van der Waals surface area contributed by atoms with E-state index in [4.69, 9.17) is 0 Å². The quantitative estimate of drug-likeness (QED) is 0.744. The van der Waals surface area contributed by atoms with Crippen molar-refractivity contribution in [2.24, 2.45) is 5.92 Å². The maximum absolute atomic E-state index is 12.6. The van der Waals surface area contributed by atoms with Crippen molar-refractivity contribution in [3.63, 3.8) is 0 Å². The molecule has 2 N–H and O–H groups in total. The summed E-state index contributed by atoms with van der Waals surface area (Å²) in [5.74, 6) is 0.537. The van der Waals surface area contributed by atoms with E-state index in [1.165, 1.54) is 6.92 Å². The molecule has 1 aromatic carbocycles. The second-order valence-electron chi connectivity index (χ2n) is 7.67. The number of piperidine rings is 1. The third kappa shape index (κ3) is 5.39. The number of ketones is 1. The number of nitrogens with one attached hydrogen (secondary N) is 2. The fourth-order valence-corrected chi connectivity index (χ4v) is 3.88. The molecule has 2 heterocycles. The standard InChI is InChI=1S/C21H29N3O3/c1-15(25)18-8-6-16(7-9-18)12-20(26)24-11-3-4-17(14-24)13-23-21(27)19-5-2-10-22-19/h6-9,17,19,22H,2-5,10-14H2,1H3,(H,23,27). The second-order valence-corrected chi connectivity index (χ2v) is 7.67. The fraction of sp³-hybridized carbons (Fsp3) is 0.571. The van der Waals surface area contributed by atoms with Crippen LogP contribution in [0.5, 0.6) is 0 Å². The first-order valence-electron chi connectivity index (χ1n) is 9.91. The van der Waals surface area contributed by atoms with Crippen LogP contribution in [0.25, 0.3) is 0 Å². The minimum absolute atomic E-state index is 0.0293. The minimum Gasteiger partial charge on any atom is -0.354 e. The van der Waals surface area contributed by atoms with Crippen LogP contribution in [0.1, 0.15) is 48.5 Å². The Kier molecular flexibility index (Phi) is 6.61. The van der Waals surface area contributed by atoms with Gasteiger partial charge in [0.2, 0.25) is 11.8 Å². The number of hydrogen-bond donors (Lipinski definition) is 2. The minimum atomic E-state index is -0.0516. The van der Waals surface area contributed by atoms with Crippen LogP contribution in [0.4, 0.5) is 0 Å². The van der Waals surface area contributed by atoms with Crippen molar-refractivity contribution in [2.75, 3.05) is 26.2 Å². The summed E-state index contributed by atoms with van der Waals surface area (Å²) in [6.07, 6.45) is 4.32. The lowest BCUT2D eigenvalue weighted by Crippen LogP contribution is -2.47. The summed E-state index contributed by atoms with van der Waals surface area (Å²) in [6.45, 7) is 4.56. The number of rotatable bonds is 6. The van der Waals surface area contributed by atoms with Crippen LogP contribution in [0.3, 0.4) is 0 Å². The Labute approximate surface area is 160 Å². The molecule has 2 saturated heterocycles. The van der Waals surface area contributed by atoms with Gasteiger partial charge in [0.1, 0.15) is 0 Å². The molecule has 27 heavy (non-hydrogen) atoms. The van der Waals surface area contributed by atoms with E-state index in [0.717, 1.165) is 44.3 Å². The predicted molar refractivity (Wildman–Crippen MR) is 103 cm³/mol. The zero-order valence-corrected chi connectivity index (χ0v) is 16.0. The Morgan fingerprint density at radius 1 is 1.15 bits per heavy atom. The van der Waals surface area contributed by atoms with E-state index in [2.05, 4.69) is 10.6 Å². The highest BCUT2D eigenvalue weighted by molar-refractivity contribution is 5.94. The summed E-state index contributed by atoms with van der Waals surface area (Å²) >= 11 is 0. The number of likely N-dealkylation sites (tertiary alicyclic amines) is 1. The molecule has 2 aliphatic rings. The lowest BCUT2D eigenvalue weighted by Gasteiger charge is -2.33. The molecule has 0 spiro atoms. The molecular formula is C21H29N3O3. The Hall–Kier alpha value is -2.21. The zero-order valence-electron chi connectivity index (χ0n) is 16.0. The Balaban J connectivity index is 1.47. The van der Waals surface area contributed by atoms with Crippen LogP contribution in [-0.2, 0) is 16.0 Å². The molecule has 2 atom stereocenters. The Morgan fingerprint density at radius 2 is 1.93 bits per heavy atom. The summed E-state index contributed by atoms with van der Waals surface area (Å²) < 4.78 is 0. The first-order chi connectivity index (χ1) is 13.0. The van der Waals surface area contributed by atoms with E-state index < -0.39 is 0 Å². The largest absolute Gasteiger partial charge is 0.354 e. The lowest BCUT2D eigenvalue weighted by molar-refractivity contribution is -0.132. The van der Waals surface area contributed by atoms with Crippen LogP contribution in [0.2, 0.25) is 0 Å². The van der Waals surface area contributed by atoms with Gasteiger partial charge in [0.25, 0.3) is 0 Å². The van der Waals surface area contributed by atoms with Gasteiger partial charge in [0.05, 0.1) is 12.5 Å². The van der Waals surface area contributed by atoms with Crippen molar-refractivity contribution in [1.82, 2.24) is 15.5 Å². The number of nitrogens with zero attached hydrogens (tertiary/aromatic N) is 1. The van der Waals surface area contributed by atoms with Gasteiger partial charge in [-0.3, -0.25) is 14.4 Å². The summed E-state index contributed by atoms with van der Waals surface area (Å²) in [5.41, 5.74) is 1.59. The van der Waals surface area contributed by atoms with Crippen LogP contribution >= 0.6 is 0 Å². The third-order valence-electron chi connectivity index (χ3n) is 5.53. The van der Waals surface area contributed by atoms with Crippen molar-refractivity contribution >= 4 is 17.6 Å². The fourth-order valence-electron chi connectivity index (χ4n) is 3.88. The number of hydrogen-bond acceptors (Lipinski definition) is 4. The highest BCUT2D eigenvalue weighted by Gasteiger charge is 2.26. The maximum Gasteiger partial charge on any atom is 0.237 e. The predicted octanol–water partition coefficient (Wildman–Crippen LogP) is 1.54. The second kappa shape index (κ2) is 9.13. The SMILES string of the molecule is CC(=O)c1ccc(CC(=O)N2CCCC(CNC(=O)C3CCCN3)C2)cc1. The van der Waals surface area contributed by atoms with Gasteiger partial charge in [-0.15, -0.1) is 0 Å². The van der Waals surface area contributed by atoms with Crippen molar-refractivity contribution in [3.8, 4) is 0 Å². The van der Waals surface area contributed by atoms with Gasteiger partial charge in [0, 0.05) is 25.2 Å². The first-order valence-corrected chi connectivity index (χ1v) is 9.91. The molecular weight excluding hydrogens is 342 g/mol. The molecule has 146 valence electrons. The monoisotopic (exact) mass is 371 g/mol. The van der Waals surface area contributed by atoms with Gasteiger partial charge in [-0.1, -0.05) is 24.3 Å². The molecule has 3 rings (SSSR count). The van der Waals surface area contributed by atoms with Crippen LogP contribution in [0.15, 0.2) is 24.3 Å². The van der Waals surface area contributed by atoms with Crippen LogP contribution < -0.4 is 10.6 Å². The molecule has 0 saturated carbocycles. The van der Waals surface area contributed by atoms with E-state index in [9.17, 15) is 14.4 Å². The number of amides is 2. The van der Waals surface area contributed by atoms with Crippen molar-refractivity contribution < 1.29 is 14.4 Å². The van der Waals surface area contributed by atoms with Gasteiger partial charge >= 0.3 is 0 Å². The van der Waals surface area contributed by atoms with Crippen molar-refractivity contribution in [2.45, 2.75) is 45.1 Å². The van der Waals surface area contributed by atoms with E-state index in [0.29, 0.717) is 31.0 Å². The normalized spacial score (nSPS) is 22.5. The average molecular weight is 371 g/mol. The van der Waals surface area contributed by atoms with Gasteiger partial charge in [-0.2, -0.15) is 0 Å². The van der Waals surface area contributed by atoms with E-state index >= 15 is 0 Å². The molecule has 0 bridgehead atoms. The van der Waals surface area contributed by atoms with E-state index in [-0.39, 0.29) is 23.6 Å². The first kappa shape index (κ1) is 19.5. The van der Waals surface area contributed by atoms with E-state index in [1.54, 1.807) is 12.1 Å². The molecule has 2 aliphatic heterocycles. The number of benzene rings is 1. The van der Waals surface area contributed by atoms with Crippen LogP contribution in [-0.4, -0.2) is 54.7 Å². The lowest BCUT2D eigenvalue weighted by atomic mass is 9.97. The molecule has 0 radical (unpaired) electrons. The number of carbonyl (C=O) groups excluding carboxylic acids is 3. The third-order valence-corrected chi connectivity index (χ3v) is 5.53. The summed E-state index contributed by atoms with van der Waals surface area (Å²) in [6, 6.07) is 7.20. The van der Waals surface area contributed by atoms with Gasteiger partial charge in [-0.25, -0.2) is 0 Å². The molecule has 1 aromatic rings. The van der Waals surface area contributed by atoms with Crippen molar-refractivity contribution in [1.29, 1.82) is 0 Å².